The lowest BCUT2D eigenvalue weighted by Gasteiger charge is -2.57. The minimum atomic E-state index is -0.636. The summed E-state index contributed by atoms with van der Waals surface area (Å²) in [6.07, 6.45) is 40.6. The molecule has 0 aromatic heterocycles. The van der Waals surface area contributed by atoms with Gasteiger partial charge in [0.1, 0.15) is 0 Å². The van der Waals surface area contributed by atoms with Gasteiger partial charge in [-0.2, -0.15) is 0 Å². The lowest BCUT2D eigenvalue weighted by molar-refractivity contribution is -0.137. The maximum atomic E-state index is 10.9. The van der Waals surface area contributed by atoms with Gasteiger partial charge in [0.05, 0.1) is 0 Å². The van der Waals surface area contributed by atoms with Crippen LogP contribution in [0, 0.1) is 74.9 Å². The van der Waals surface area contributed by atoms with E-state index in [1.165, 1.54) is 83.5 Å². The highest BCUT2D eigenvalue weighted by atomic mass is 16.4. The topological polar surface area (TPSA) is 37.3 Å². The first-order chi connectivity index (χ1) is 21.1. The van der Waals surface area contributed by atoms with Gasteiger partial charge in [-0.3, -0.25) is 4.79 Å². The molecule has 8 rings (SSSR count). The van der Waals surface area contributed by atoms with Gasteiger partial charge >= 0.3 is 5.97 Å². The second-order valence-electron chi connectivity index (χ2n) is 18.0. The van der Waals surface area contributed by atoms with E-state index in [0.29, 0.717) is 34.0 Å². The molecule has 2 heteroatoms. The molecule has 0 spiro atoms. The first-order valence-electron chi connectivity index (χ1n) is 19.0. The van der Waals surface area contributed by atoms with Crippen LogP contribution in [0.15, 0.2) is 48.6 Å². The van der Waals surface area contributed by atoms with Gasteiger partial charge < -0.3 is 5.11 Å². The van der Waals surface area contributed by atoms with Crippen molar-refractivity contribution in [2.24, 2.45) is 74.9 Å². The van der Waals surface area contributed by atoms with Crippen LogP contribution in [0.4, 0.5) is 0 Å². The van der Waals surface area contributed by atoms with E-state index in [1.807, 2.05) is 0 Å². The predicted molar refractivity (Wildman–Crippen MR) is 182 cm³/mol. The summed E-state index contributed by atoms with van der Waals surface area (Å²) in [6.45, 7) is 10.3. The molecular weight excluding hydrogens is 536 g/mol. The van der Waals surface area contributed by atoms with Crippen molar-refractivity contribution < 1.29 is 9.90 Å². The van der Waals surface area contributed by atoms with E-state index in [9.17, 15) is 4.79 Å². The molecule has 0 radical (unpaired) electrons. The van der Waals surface area contributed by atoms with Crippen molar-refractivity contribution in [2.75, 3.05) is 0 Å². The number of fused-ring (bicyclic) bond motifs is 10. The number of carbonyl (C=O) groups is 1. The van der Waals surface area contributed by atoms with Crippen molar-refractivity contribution in [3.8, 4) is 0 Å². The fourth-order valence-electron chi connectivity index (χ4n) is 13.5. The number of aliphatic carboxylic acids is 1. The molecule has 1 N–H and O–H groups in total. The molecule has 2 nitrogen and oxygen atoms in total. The molecule has 13 atom stereocenters. The third-order valence-corrected chi connectivity index (χ3v) is 16.3. The van der Waals surface area contributed by atoms with E-state index in [-0.39, 0.29) is 0 Å². The second-order valence-corrected chi connectivity index (χ2v) is 18.0. The monoisotopic (exact) mass is 598 g/mol. The summed E-state index contributed by atoms with van der Waals surface area (Å²) >= 11 is 0. The zero-order valence-electron chi connectivity index (χ0n) is 28.5. The second kappa shape index (κ2) is 11.6. The molecule has 0 heterocycles. The lowest BCUT2D eigenvalue weighted by Crippen LogP contribution is -2.50. The van der Waals surface area contributed by atoms with Gasteiger partial charge in [-0.25, -0.2) is 0 Å². The van der Waals surface area contributed by atoms with Crippen molar-refractivity contribution in [2.45, 2.75) is 130 Å². The molecule has 8 aliphatic rings. The molecule has 0 saturated heterocycles. The number of carboxylic acids is 1. The van der Waals surface area contributed by atoms with Crippen LogP contribution in [-0.2, 0) is 4.79 Å². The molecule has 0 aromatic carbocycles. The van der Waals surface area contributed by atoms with Crippen LogP contribution in [0.25, 0.3) is 0 Å². The average molecular weight is 599 g/mol. The van der Waals surface area contributed by atoms with E-state index in [0.717, 1.165) is 60.2 Å². The van der Waals surface area contributed by atoms with Crippen molar-refractivity contribution in [3.05, 3.63) is 48.6 Å². The highest BCUT2D eigenvalue weighted by Crippen LogP contribution is 2.66. The van der Waals surface area contributed by atoms with Gasteiger partial charge in [0.25, 0.3) is 0 Å². The summed E-state index contributed by atoms with van der Waals surface area (Å²) in [5.74, 6) is 6.77. The van der Waals surface area contributed by atoms with Crippen LogP contribution >= 0.6 is 0 Å². The average Bonchev–Trinajstić information content (AvgIpc) is 3.56. The van der Waals surface area contributed by atoms with E-state index < -0.39 is 5.97 Å². The van der Waals surface area contributed by atoms with Gasteiger partial charge in [-0.1, -0.05) is 82.7 Å². The van der Waals surface area contributed by atoms with Crippen LogP contribution in [0.5, 0.6) is 0 Å². The Kier molecular flexibility index (Phi) is 8.18. The highest BCUT2D eigenvalue weighted by molar-refractivity contribution is 5.66. The minimum Gasteiger partial charge on any atom is -0.481 e. The standard InChI is InChI=1S/C23H34O2.C19H28/c1-22-14-4-3-6-16(22)9-11-18-19-12-10-17(7-5-8-21(24)25)23(19,2)15-13-20(18)22;1-18-11-5-7-16(18)15-9-8-14-6-3-4-12-19(14,2)17(15)10-13-18/h3,6,9,11,16-20H,4-5,7-8,10,12-15H2,1-2H3,(H,24,25);3,6,8-9,14-17H,4-5,7,10-13H2,1-2H3/t16?,17-,18?,19?,20?,22?,23?;/m0./s1. The van der Waals surface area contributed by atoms with Crippen LogP contribution in [-0.4, -0.2) is 11.1 Å². The fraction of sp³-hybridized carbons (Fsp3) is 0.786. The first kappa shape index (κ1) is 31.1. The Hall–Kier alpha value is -1.57. The zero-order chi connectivity index (χ0) is 30.7. The van der Waals surface area contributed by atoms with Crippen molar-refractivity contribution in [1.29, 1.82) is 0 Å². The molecule has 0 aliphatic heterocycles. The number of allylic oxidation sites excluding steroid dienone is 8. The fourth-order valence-corrected chi connectivity index (χ4v) is 13.5. The Morgan fingerprint density at radius 1 is 0.636 bits per heavy atom. The third kappa shape index (κ3) is 4.97. The molecular formula is C42H62O2. The van der Waals surface area contributed by atoms with E-state index in [1.54, 1.807) is 0 Å². The van der Waals surface area contributed by atoms with Crippen LogP contribution in [0.2, 0.25) is 0 Å². The van der Waals surface area contributed by atoms with Gasteiger partial charge in [-0.05, 0) is 153 Å². The Bertz CT molecular complexity index is 1210. The van der Waals surface area contributed by atoms with E-state index >= 15 is 0 Å². The summed E-state index contributed by atoms with van der Waals surface area (Å²) in [5.41, 5.74) is 2.16. The summed E-state index contributed by atoms with van der Waals surface area (Å²) < 4.78 is 0. The molecule has 242 valence electrons. The highest BCUT2D eigenvalue weighted by Gasteiger charge is 2.58. The SMILES string of the molecule is CC12CCC=CC1C=CC1C2CCC2(C)C1CC[C@@H]2CCCC(=O)O.CC12CCCC1C1C=CC3C=CCCC3(C)C1CC2. The van der Waals surface area contributed by atoms with Gasteiger partial charge in [0.2, 0.25) is 0 Å². The van der Waals surface area contributed by atoms with E-state index in [4.69, 9.17) is 5.11 Å². The Labute approximate surface area is 269 Å². The number of hydrogen-bond donors (Lipinski definition) is 1. The summed E-state index contributed by atoms with van der Waals surface area (Å²) in [4.78, 5) is 10.9. The van der Waals surface area contributed by atoms with Crippen molar-refractivity contribution in [1.82, 2.24) is 0 Å². The first-order valence-corrected chi connectivity index (χ1v) is 19.0. The predicted octanol–water partition coefficient (Wildman–Crippen LogP) is 11.2. The maximum absolute atomic E-state index is 10.9. The van der Waals surface area contributed by atoms with Gasteiger partial charge in [-0.15, -0.1) is 0 Å². The third-order valence-electron chi connectivity index (χ3n) is 16.3. The summed E-state index contributed by atoms with van der Waals surface area (Å²) in [6, 6.07) is 0. The summed E-state index contributed by atoms with van der Waals surface area (Å²) in [7, 11) is 0. The number of carboxylic acid groups (broad SMARTS) is 1. The quantitative estimate of drug-likeness (QED) is 0.327. The molecule has 8 aliphatic carbocycles. The van der Waals surface area contributed by atoms with E-state index in [2.05, 4.69) is 76.3 Å². The molecule has 44 heavy (non-hydrogen) atoms. The molecule has 0 aromatic rings. The molecule has 0 bridgehead atoms. The Morgan fingerprint density at radius 2 is 1.23 bits per heavy atom. The Morgan fingerprint density at radius 3 is 1.86 bits per heavy atom. The summed E-state index contributed by atoms with van der Waals surface area (Å²) in [5, 5.41) is 8.96. The van der Waals surface area contributed by atoms with Crippen LogP contribution in [0.1, 0.15) is 130 Å². The zero-order valence-corrected chi connectivity index (χ0v) is 28.5. The molecule has 0 amide bonds. The number of hydrogen-bond acceptors (Lipinski definition) is 1. The molecule has 12 unspecified atom stereocenters. The normalized spacial score (nSPS) is 51.1. The Balaban J connectivity index is 0.000000147. The van der Waals surface area contributed by atoms with Gasteiger partial charge in [0, 0.05) is 18.3 Å². The van der Waals surface area contributed by atoms with Crippen LogP contribution < -0.4 is 0 Å². The lowest BCUT2D eigenvalue weighted by atomic mass is 9.47. The van der Waals surface area contributed by atoms with Crippen molar-refractivity contribution >= 4 is 5.97 Å². The van der Waals surface area contributed by atoms with Gasteiger partial charge in [0.15, 0.2) is 0 Å². The molecule has 4 saturated carbocycles. The largest absolute Gasteiger partial charge is 0.481 e. The maximum Gasteiger partial charge on any atom is 0.303 e. The van der Waals surface area contributed by atoms with Crippen molar-refractivity contribution in [3.63, 3.8) is 0 Å². The van der Waals surface area contributed by atoms with Crippen LogP contribution in [0.3, 0.4) is 0 Å². The smallest absolute Gasteiger partial charge is 0.303 e. The molecule has 4 fully saturated rings. The minimum absolute atomic E-state index is 0.343. The number of rotatable bonds is 4.